The van der Waals surface area contributed by atoms with Crippen molar-refractivity contribution in [2.45, 2.75) is 94.0 Å². The van der Waals surface area contributed by atoms with Gasteiger partial charge in [0.15, 0.2) is 0 Å². The van der Waals surface area contributed by atoms with Gasteiger partial charge in [0.25, 0.3) is 0 Å². The number of aliphatic hydroxyl groups is 1. The van der Waals surface area contributed by atoms with Crippen molar-refractivity contribution < 1.29 is 29.3 Å². The van der Waals surface area contributed by atoms with Gasteiger partial charge in [0, 0.05) is 12.6 Å². The van der Waals surface area contributed by atoms with Crippen LogP contribution in [0.3, 0.4) is 0 Å². The summed E-state index contributed by atoms with van der Waals surface area (Å²) in [5.41, 5.74) is -1.25. The molecule has 0 radical (unpaired) electrons. The van der Waals surface area contributed by atoms with Gasteiger partial charge in [0.2, 0.25) is 11.8 Å². The fourth-order valence-electron chi connectivity index (χ4n) is 7.95. The minimum Gasteiger partial charge on any atom is -0.481 e. The fraction of sp³-hybridized carbons (Fsp3) is 0.633. The Morgan fingerprint density at radius 1 is 1.21 bits per heavy atom. The molecule has 1 spiro atoms. The molecule has 2 bridgehead atoms. The molecule has 2 N–H and O–H groups in total. The number of ether oxygens (including phenoxy) is 1. The predicted molar refractivity (Wildman–Crippen MR) is 141 cm³/mol. The Morgan fingerprint density at radius 2 is 1.92 bits per heavy atom. The summed E-state index contributed by atoms with van der Waals surface area (Å²) < 4.78 is 6.69. The molecule has 8 heteroatoms. The lowest BCUT2D eigenvalue weighted by Crippen LogP contribution is -2.60. The molecule has 206 valence electrons. The molecule has 4 fully saturated rings. The Labute approximate surface area is 224 Å². The standard InChI is InChI=1S/C30H40N2O6/c1-3-17-31(21-13-9-6-10-14-21)27(35)25-30-16-15-29(4-2,38-30)24(28(36)37)23(30)26(34)32(25)22(19-33)18-20-11-7-5-8-12-20/h3,5,7-8,11-12,21-25,33H,1,4,6,9-10,13-19H2,2H3,(H,36,37)/t22-,23+,24-,25?,29+,30?/m1/s1. The van der Waals surface area contributed by atoms with Gasteiger partial charge in [-0.2, -0.15) is 0 Å². The minimum atomic E-state index is -1.22. The molecule has 3 saturated heterocycles. The van der Waals surface area contributed by atoms with Gasteiger partial charge < -0.3 is 24.7 Å². The highest BCUT2D eigenvalue weighted by molar-refractivity contribution is 5.98. The monoisotopic (exact) mass is 524 g/mol. The largest absolute Gasteiger partial charge is 0.481 e. The molecule has 2 amide bonds. The maximum atomic E-state index is 14.6. The van der Waals surface area contributed by atoms with E-state index in [1.54, 1.807) is 6.08 Å². The van der Waals surface area contributed by atoms with Crippen molar-refractivity contribution >= 4 is 17.8 Å². The molecule has 1 saturated carbocycles. The van der Waals surface area contributed by atoms with Gasteiger partial charge in [-0.3, -0.25) is 14.4 Å². The quantitative estimate of drug-likeness (QED) is 0.456. The van der Waals surface area contributed by atoms with Gasteiger partial charge in [-0.1, -0.05) is 62.6 Å². The molecule has 8 nitrogen and oxygen atoms in total. The summed E-state index contributed by atoms with van der Waals surface area (Å²) >= 11 is 0. The molecule has 1 aromatic carbocycles. The molecule has 6 atom stereocenters. The third-order valence-electron chi connectivity index (χ3n) is 9.66. The van der Waals surface area contributed by atoms with Crippen molar-refractivity contribution in [1.29, 1.82) is 0 Å². The molecule has 38 heavy (non-hydrogen) atoms. The number of carbonyl (C=O) groups is 3. The van der Waals surface area contributed by atoms with Gasteiger partial charge in [-0.25, -0.2) is 0 Å². The van der Waals surface area contributed by atoms with E-state index in [1.807, 2.05) is 42.2 Å². The van der Waals surface area contributed by atoms with Crippen LogP contribution in [0.15, 0.2) is 43.0 Å². The highest BCUT2D eigenvalue weighted by Crippen LogP contribution is 2.64. The average molecular weight is 525 g/mol. The second-order valence-corrected chi connectivity index (χ2v) is 11.5. The average Bonchev–Trinajstić information content (AvgIpc) is 3.54. The summed E-state index contributed by atoms with van der Waals surface area (Å²) in [4.78, 5) is 44.9. The molecule has 3 heterocycles. The number of rotatable bonds is 10. The van der Waals surface area contributed by atoms with Crippen LogP contribution in [-0.4, -0.2) is 80.3 Å². The Hall–Kier alpha value is -2.71. The number of hydrogen-bond donors (Lipinski definition) is 2. The number of aliphatic carboxylic acids is 1. The lowest BCUT2D eigenvalue weighted by Gasteiger charge is -2.42. The second-order valence-electron chi connectivity index (χ2n) is 11.5. The van der Waals surface area contributed by atoms with Crippen LogP contribution < -0.4 is 0 Å². The van der Waals surface area contributed by atoms with Crippen LogP contribution in [0.1, 0.15) is 63.9 Å². The molecule has 2 unspecified atom stereocenters. The summed E-state index contributed by atoms with van der Waals surface area (Å²) in [6.07, 6.45) is 8.48. The first-order valence-corrected chi connectivity index (χ1v) is 14.1. The van der Waals surface area contributed by atoms with Gasteiger partial charge in [-0.05, 0) is 44.1 Å². The van der Waals surface area contributed by atoms with Crippen molar-refractivity contribution in [3.05, 3.63) is 48.6 Å². The van der Waals surface area contributed by atoms with Crippen molar-refractivity contribution in [1.82, 2.24) is 9.80 Å². The number of carboxylic acid groups (broad SMARTS) is 1. The van der Waals surface area contributed by atoms with E-state index in [9.17, 15) is 24.6 Å². The zero-order chi connectivity index (χ0) is 27.1. The third kappa shape index (κ3) is 4.08. The van der Waals surface area contributed by atoms with E-state index in [0.717, 1.165) is 37.7 Å². The van der Waals surface area contributed by atoms with Crippen molar-refractivity contribution in [2.24, 2.45) is 11.8 Å². The second kappa shape index (κ2) is 10.5. The van der Waals surface area contributed by atoms with Gasteiger partial charge >= 0.3 is 5.97 Å². The molecule has 4 aliphatic rings. The Morgan fingerprint density at radius 3 is 2.53 bits per heavy atom. The number of hydrogen-bond acceptors (Lipinski definition) is 5. The topological polar surface area (TPSA) is 107 Å². The number of likely N-dealkylation sites (tertiary alicyclic amines) is 1. The third-order valence-corrected chi connectivity index (χ3v) is 9.66. The van der Waals surface area contributed by atoms with Crippen molar-refractivity contribution in [3.63, 3.8) is 0 Å². The molecular formula is C30H40N2O6. The number of benzene rings is 1. The first-order valence-electron chi connectivity index (χ1n) is 14.1. The van der Waals surface area contributed by atoms with Crippen LogP contribution >= 0.6 is 0 Å². The number of aliphatic hydroxyl groups excluding tert-OH is 1. The van der Waals surface area contributed by atoms with E-state index < -0.39 is 41.1 Å². The Bertz CT molecular complexity index is 1070. The highest BCUT2D eigenvalue weighted by Gasteiger charge is 2.79. The maximum absolute atomic E-state index is 14.6. The smallest absolute Gasteiger partial charge is 0.310 e. The summed E-state index contributed by atoms with van der Waals surface area (Å²) in [7, 11) is 0. The van der Waals surface area contributed by atoms with Crippen LogP contribution in [0.4, 0.5) is 0 Å². The highest BCUT2D eigenvalue weighted by atomic mass is 16.5. The first kappa shape index (κ1) is 26.9. The summed E-state index contributed by atoms with van der Waals surface area (Å²) in [6.45, 7) is 5.80. The molecule has 0 aromatic heterocycles. The van der Waals surface area contributed by atoms with Crippen LogP contribution in [0.2, 0.25) is 0 Å². The van der Waals surface area contributed by atoms with Crippen LogP contribution in [-0.2, 0) is 25.5 Å². The van der Waals surface area contributed by atoms with E-state index in [0.29, 0.717) is 32.2 Å². The van der Waals surface area contributed by atoms with Gasteiger partial charge in [0.05, 0.1) is 24.2 Å². The number of fused-ring (bicyclic) bond motifs is 1. The molecule has 5 rings (SSSR count). The van der Waals surface area contributed by atoms with E-state index >= 15 is 0 Å². The van der Waals surface area contributed by atoms with Crippen LogP contribution in [0.25, 0.3) is 0 Å². The van der Waals surface area contributed by atoms with E-state index in [2.05, 4.69) is 6.58 Å². The molecule has 3 aliphatic heterocycles. The van der Waals surface area contributed by atoms with E-state index in [-0.39, 0.29) is 24.5 Å². The van der Waals surface area contributed by atoms with Gasteiger partial charge in [-0.15, -0.1) is 6.58 Å². The Kier molecular flexibility index (Phi) is 7.40. The normalized spacial score (nSPS) is 33.3. The zero-order valence-corrected chi connectivity index (χ0v) is 22.3. The number of nitrogens with zero attached hydrogens (tertiary/aromatic N) is 2. The summed E-state index contributed by atoms with van der Waals surface area (Å²) in [6, 6.07) is 7.94. The fourth-order valence-corrected chi connectivity index (χ4v) is 7.95. The molecule has 1 aromatic rings. The summed E-state index contributed by atoms with van der Waals surface area (Å²) in [5.74, 6) is -3.63. The Balaban J connectivity index is 1.60. The predicted octanol–water partition coefficient (Wildman–Crippen LogP) is 3.18. The summed E-state index contributed by atoms with van der Waals surface area (Å²) in [5, 5.41) is 20.9. The molecule has 1 aliphatic carbocycles. The van der Waals surface area contributed by atoms with E-state index in [1.165, 1.54) is 4.90 Å². The molecular weight excluding hydrogens is 484 g/mol. The SMILES string of the molecule is C=CCN(C(=O)C1N([C@@H](CO)Cc2ccccc2)C(=O)[C@@H]2[C@H](C(=O)O)[C@]3(CC)CCC12O3)C1CCCCC1. The number of carbonyl (C=O) groups excluding carboxylic acids is 2. The number of amides is 2. The maximum Gasteiger partial charge on any atom is 0.310 e. The van der Waals surface area contributed by atoms with E-state index in [4.69, 9.17) is 4.74 Å². The lowest BCUT2D eigenvalue weighted by atomic mass is 9.65. The minimum absolute atomic E-state index is 0.0392. The van der Waals surface area contributed by atoms with Gasteiger partial charge in [0.1, 0.15) is 17.6 Å². The lowest BCUT2D eigenvalue weighted by molar-refractivity contribution is -0.161. The van der Waals surface area contributed by atoms with Crippen LogP contribution in [0.5, 0.6) is 0 Å². The van der Waals surface area contributed by atoms with Crippen LogP contribution in [0, 0.1) is 11.8 Å². The zero-order valence-electron chi connectivity index (χ0n) is 22.3. The first-order chi connectivity index (χ1) is 18.3. The number of carboxylic acids is 1. The van der Waals surface area contributed by atoms with Crippen molar-refractivity contribution in [3.8, 4) is 0 Å². The van der Waals surface area contributed by atoms with Crippen molar-refractivity contribution in [2.75, 3.05) is 13.2 Å².